The number of rotatable bonds is 7. The van der Waals surface area contributed by atoms with Crippen LogP contribution in [0, 0.1) is 6.57 Å². The van der Waals surface area contributed by atoms with Gasteiger partial charge in [-0.25, -0.2) is 9.83 Å². The molecule has 0 saturated carbocycles. The highest BCUT2D eigenvalue weighted by atomic mass is 16.7. The predicted octanol–water partition coefficient (Wildman–Crippen LogP) is 4.76. The Balaban J connectivity index is 1.65. The molecule has 0 spiro atoms. The third-order valence-corrected chi connectivity index (χ3v) is 4.88. The van der Waals surface area contributed by atoms with E-state index in [0.717, 1.165) is 53.2 Å². The van der Waals surface area contributed by atoms with Crippen molar-refractivity contribution >= 4 is 28.4 Å². The van der Waals surface area contributed by atoms with Gasteiger partial charge >= 0.3 is 0 Å². The van der Waals surface area contributed by atoms with Crippen molar-refractivity contribution in [3.05, 3.63) is 53.4 Å². The van der Waals surface area contributed by atoms with Gasteiger partial charge in [0.15, 0.2) is 17.2 Å². The summed E-state index contributed by atoms with van der Waals surface area (Å²) in [6, 6.07) is 11.4. The zero-order valence-electron chi connectivity index (χ0n) is 16.6. The lowest BCUT2D eigenvalue weighted by Gasteiger charge is -2.19. The van der Waals surface area contributed by atoms with Crippen LogP contribution in [0.3, 0.4) is 0 Å². The van der Waals surface area contributed by atoms with Crippen molar-refractivity contribution in [1.29, 1.82) is 0 Å². The quantitative estimate of drug-likeness (QED) is 0.588. The lowest BCUT2D eigenvalue weighted by molar-refractivity contribution is 0.174. The van der Waals surface area contributed by atoms with Gasteiger partial charge in [-0.1, -0.05) is 25.5 Å². The number of anilines is 2. The van der Waals surface area contributed by atoms with Gasteiger partial charge in [-0.15, -0.1) is 0 Å². The Labute approximate surface area is 170 Å². The largest absolute Gasteiger partial charge is 0.454 e. The first-order valence-electron chi connectivity index (χ1n) is 9.70. The fraction of sp³-hybridized carbons (Fsp3) is 0.318. The monoisotopic (exact) mass is 389 g/mol. The first-order valence-corrected chi connectivity index (χ1v) is 9.70. The molecule has 0 bridgehead atoms. The van der Waals surface area contributed by atoms with Crippen molar-refractivity contribution in [2.24, 2.45) is 0 Å². The summed E-state index contributed by atoms with van der Waals surface area (Å²) in [4.78, 5) is 15.1. The van der Waals surface area contributed by atoms with Gasteiger partial charge in [0.1, 0.15) is 5.82 Å². The summed E-state index contributed by atoms with van der Waals surface area (Å²) in [5, 5.41) is 4.26. The first-order chi connectivity index (χ1) is 14.2. The molecule has 0 saturated heterocycles. The Morgan fingerprint density at radius 1 is 1.14 bits per heavy atom. The molecule has 4 rings (SSSR count). The fourth-order valence-corrected chi connectivity index (χ4v) is 3.21. The molecule has 3 aromatic rings. The Morgan fingerprint density at radius 2 is 2.00 bits per heavy atom. The van der Waals surface area contributed by atoms with Crippen molar-refractivity contribution in [2.75, 3.05) is 30.6 Å². The highest BCUT2D eigenvalue weighted by Gasteiger charge is 2.15. The summed E-state index contributed by atoms with van der Waals surface area (Å²) < 4.78 is 10.8. The molecular weight excluding hydrogens is 366 g/mol. The average Bonchev–Trinajstić information content (AvgIpc) is 3.23. The summed E-state index contributed by atoms with van der Waals surface area (Å²) in [6.07, 6.45) is 2.19. The Morgan fingerprint density at radius 3 is 2.83 bits per heavy atom. The number of hydrogen-bond donors (Lipinski definition) is 1. The van der Waals surface area contributed by atoms with Gasteiger partial charge in [0.25, 0.3) is 0 Å². The first kappa shape index (κ1) is 18.8. The standard InChI is InChI=1S/C22H23N5O2/c1-4-5-10-27(3)22-25-18-8-7-16(23-2)12-17(18)21(26-22)24-13-15-6-9-19-20(11-15)29-14-28-19/h6-9,11-12H,4-5,10,13-14H2,1,3H3,(H,24,25,26). The number of fused-ring (bicyclic) bond motifs is 2. The number of hydrogen-bond acceptors (Lipinski definition) is 6. The van der Waals surface area contributed by atoms with Crippen molar-refractivity contribution in [2.45, 2.75) is 26.3 Å². The van der Waals surface area contributed by atoms with Gasteiger partial charge < -0.3 is 19.7 Å². The molecule has 0 unspecified atom stereocenters. The zero-order valence-corrected chi connectivity index (χ0v) is 16.6. The van der Waals surface area contributed by atoms with Gasteiger partial charge in [-0.3, -0.25) is 0 Å². The number of nitrogens with zero attached hydrogens (tertiary/aromatic N) is 4. The van der Waals surface area contributed by atoms with Crippen LogP contribution in [0.2, 0.25) is 0 Å². The molecular formula is C22H23N5O2. The molecule has 1 aliphatic heterocycles. The summed E-state index contributed by atoms with van der Waals surface area (Å²) >= 11 is 0. The number of nitrogens with one attached hydrogen (secondary N) is 1. The molecule has 148 valence electrons. The van der Waals surface area contributed by atoms with Gasteiger partial charge in [-0.2, -0.15) is 4.98 Å². The minimum Gasteiger partial charge on any atom is -0.454 e. The highest BCUT2D eigenvalue weighted by Crippen LogP contribution is 2.33. The van der Waals surface area contributed by atoms with Gasteiger partial charge in [0.2, 0.25) is 12.7 Å². The molecule has 0 radical (unpaired) electrons. The lowest BCUT2D eigenvalue weighted by atomic mass is 10.2. The third kappa shape index (κ3) is 4.02. The molecule has 0 fully saturated rings. The van der Waals surface area contributed by atoms with E-state index in [1.165, 1.54) is 0 Å². The van der Waals surface area contributed by atoms with Gasteiger partial charge in [0.05, 0.1) is 12.1 Å². The molecule has 0 atom stereocenters. The molecule has 7 nitrogen and oxygen atoms in total. The van der Waals surface area contributed by atoms with E-state index in [-0.39, 0.29) is 6.79 Å². The molecule has 1 aromatic heterocycles. The smallest absolute Gasteiger partial charge is 0.231 e. The van der Waals surface area contributed by atoms with Crippen LogP contribution in [0.15, 0.2) is 36.4 Å². The number of unbranched alkanes of at least 4 members (excludes halogenated alkanes) is 1. The average molecular weight is 389 g/mol. The Hall–Kier alpha value is -3.53. The SMILES string of the molecule is [C-]#[N+]c1ccc2nc(N(C)CCCC)nc(NCc3ccc4c(c3)OCO4)c2c1. The molecule has 2 aromatic carbocycles. The Bertz CT molecular complexity index is 1080. The van der Waals surface area contributed by atoms with E-state index in [9.17, 15) is 0 Å². The van der Waals surface area contributed by atoms with E-state index in [1.54, 1.807) is 6.07 Å². The molecule has 2 heterocycles. The second-order valence-corrected chi connectivity index (χ2v) is 7.00. The molecule has 29 heavy (non-hydrogen) atoms. The van der Waals surface area contributed by atoms with E-state index in [4.69, 9.17) is 26.0 Å². The number of aromatic nitrogens is 2. The van der Waals surface area contributed by atoms with Crippen molar-refractivity contribution in [3.8, 4) is 11.5 Å². The summed E-state index contributed by atoms with van der Waals surface area (Å²) in [5.74, 6) is 2.92. The van der Waals surface area contributed by atoms with Gasteiger partial charge in [-0.05, 0) is 36.2 Å². The normalized spacial score (nSPS) is 12.0. The van der Waals surface area contributed by atoms with Crippen molar-refractivity contribution in [1.82, 2.24) is 9.97 Å². The van der Waals surface area contributed by atoms with E-state index >= 15 is 0 Å². The topological polar surface area (TPSA) is 63.9 Å². The molecule has 7 heteroatoms. The van der Waals surface area contributed by atoms with E-state index in [1.807, 2.05) is 37.4 Å². The summed E-state index contributed by atoms with van der Waals surface area (Å²) in [7, 11) is 2.01. The van der Waals surface area contributed by atoms with Crippen molar-refractivity contribution in [3.63, 3.8) is 0 Å². The fourth-order valence-electron chi connectivity index (χ4n) is 3.21. The van der Waals surface area contributed by atoms with Crippen LogP contribution < -0.4 is 19.7 Å². The van der Waals surface area contributed by atoms with Crippen LogP contribution >= 0.6 is 0 Å². The van der Waals surface area contributed by atoms with Crippen LogP contribution in [0.5, 0.6) is 11.5 Å². The number of ether oxygens (including phenoxy) is 2. The van der Waals surface area contributed by atoms with Crippen LogP contribution in [-0.2, 0) is 6.54 Å². The Kier molecular flexibility index (Phi) is 5.34. The van der Waals surface area contributed by atoms with Crippen LogP contribution in [-0.4, -0.2) is 30.4 Å². The summed E-state index contributed by atoms with van der Waals surface area (Å²) in [5.41, 5.74) is 2.45. The van der Waals surface area contributed by atoms with Gasteiger partial charge in [0, 0.05) is 25.5 Å². The second-order valence-electron chi connectivity index (χ2n) is 7.00. The maximum atomic E-state index is 7.31. The van der Waals surface area contributed by atoms with Crippen LogP contribution in [0.1, 0.15) is 25.3 Å². The van der Waals surface area contributed by atoms with Crippen LogP contribution in [0.4, 0.5) is 17.5 Å². The molecule has 0 aliphatic carbocycles. The zero-order chi connectivity index (χ0) is 20.2. The maximum absolute atomic E-state index is 7.31. The summed E-state index contributed by atoms with van der Waals surface area (Å²) in [6.45, 7) is 11.2. The van der Waals surface area contributed by atoms with E-state index in [2.05, 4.69) is 22.0 Å². The minimum atomic E-state index is 0.260. The third-order valence-electron chi connectivity index (χ3n) is 4.88. The lowest BCUT2D eigenvalue weighted by Crippen LogP contribution is -2.21. The maximum Gasteiger partial charge on any atom is 0.231 e. The van der Waals surface area contributed by atoms with Crippen molar-refractivity contribution < 1.29 is 9.47 Å². The predicted molar refractivity (Wildman–Crippen MR) is 114 cm³/mol. The molecule has 0 amide bonds. The molecule has 1 N–H and O–H groups in total. The number of benzene rings is 2. The van der Waals surface area contributed by atoms with E-state index < -0.39 is 0 Å². The van der Waals surface area contributed by atoms with E-state index in [0.29, 0.717) is 18.2 Å². The van der Waals surface area contributed by atoms with Crippen LogP contribution in [0.25, 0.3) is 15.7 Å². The minimum absolute atomic E-state index is 0.260. The highest BCUT2D eigenvalue weighted by molar-refractivity contribution is 5.92. The second kappa shape index (κ2) is 8.23. The molecule has 1 aliphatic rings.